The Morgan fingerprint density at radius 1 is 0.408 bits per heavy atom. The van der Waals surface area contributed by atoms with E-state index < -0.39 is 32.0 Å². The molecule has 0 saturated heterocycles. The number of rotatable bonds is 36. The van der Waals surface area contributed by atoms with Crippen molar-refractivity contribution in [3.63, 3.8) is 0 Å². The van der Waals surface area contributed by atoms with Crippen LogP contribution < -0.4 is 19.7 Å². The summed E-state index contributed by atoms with van der Waals surface area (Å²) in [6.45, 7) is 4.32. The van der Waals surface area contributed by atoms with Gasteiger partial charge in [0.15, 0.2) is 0 Å². The fourth-order valence-electron chi connectivity index (χ4n) is 5.38. The molecule has 0 atom stereocenters. The first-order valence-electron chi connectivity index (χ1n) is 19.3. The third-order valence-corrected chi connectivity index (χ3v) is 11.3. The average molecular weight is 765 g/mol. The molecule has 0 aliphatic rings. The summed E-state index contributed by atoms with van der Waals surface area (Å²) in [7, 11) is -6.67. The van der Waals surface area contributed by atoms with Crippen LogP contribution in [-0.4, -0.2) is 91.1 Å². The van der Waals surface area contributed by atoms with E-state index in [0.717, 1.165) is 25.7 Å². The van der Waals surface area contributed by atoms with Gasteiger partial charge >= 0.3 is 37.7 Å². The van der Waals surface area contributed by atoms with Crippen LogP contribution in [0.15, 0.2) is 0 Å². The van der Waals surface area contributed by atoms with Crippen molar-refractivity contribution < 1.29 is 36.6 Å². The fourth-order valence-corrected chi connectivity index (χ4v) is 7.66. The van der Waals surface area contributed by atoms with Gasteiger partial charge in [-0.2, -0.15) is 0 Å². The Morgan fingerprint density at radius 2 is 0.612 bits per heavy atom. The van der Waals surface area contributed by atoms with E-state index in [-0.39, 0.29) is 75.2 Å². The van der Waals surface area contributed by atoms with E-state index in [1.807, 2.05) is 0 Å². The molecule has 0 unspecified atom stereocenters. The number of carbonyl (C=O) groups is 2. The third kappa shape index (κ3) is 48.0. The molecule has 0 aliphatic heterocycles. The van der Waals surface area contributed by atoms with Crippen LogP contribution in [-0.2, 0) is 29.6 Å². The van der Waals surface area contributed by atoms with E-state index in [1.165, 1.54) is 128 Å². The number of aliphatic carboxylic acids is 2. The molecule has 0 aromatic rings. The number of carboxylic acids is 2. The SMILES string of the molecule is CCCCCCCCCCCCCCCS(=O)(=O)NCCC(=O)[O-].CCCCCCCCCCCCCCCS(=O)(=O)NCCC(=O)[O-].[Ca+2]. The summed E-state index contributed by atoms with van der Waals surface area (Å²) >= 11 is 0. The van der Waals surface area contributed by atoms with E-state index in [2.05, 4.69) is 23.3 Å². The summed E-state index contributed by atoms with van der Waals surface area (Å²) in [5, 5.41) is 20.4. The Labute approximate surface area is 331 Å². The Kier molecular flexibility index (Phi) is 42.7. The van der Waals surface area contributed by atoms with Crippen LogP contribution in [0.25, 0.3) is 0 Å². The van der Waals surface area contributed by atoms with Gasteiger partial charge in [0.1, 0.15) is 0 Å². The molecular weight excluding hydrogens is 693 g/mol. The van der Waals surface area contributed by atoms with Crippen molar-refractivity contribution in [1.82, 2.24) is 9.44 Å². The third-order valence-electron chi connectivity index (χ3n) is 8.34. The zero-order chi connectivity index (χ0) is 36.2. The van der Waals surface area contributed by atoms with Crippen LogP contribution in [0.3, 0.4) is 0 Å². The van der Waals surface area contributed by atoms with Crippen molar-refractivity contribution >= 4 is 69.7 Å². The summed E-state index contributed by atoms with van der Waals surface area (Å²) in [4.78, 5) is 20.4. The van der Waals surface area contributed by atoms with E-state index in [1.54, 1.807) is 0 Å². The zero-order valence-corrected chi connectivity index (χ0v) is 35.3. The second kappa shape index (κ2) is 39.2. The first-order valence-corrected chi connectivity index (χ1v) is 22.6. The minimum absolute atomic E-state index is 0. The van der Waals surface area contributed by atoms with Gasteiger partial charge in [-0.3, -0.25) is 0 Å². The van der Waals surface area contributed by atoms with E-state index in [9.17, 15) is 36.6 Å². The minimum atomic E-state index is -3.33. The van der Waals surface area contributed by atoms with Gasteiger partial charge in [-0.25, -0.2) is 26.3 Å². The van der Waals surface area contributed by atoms with E-state index >= 15 is 0 Å². The second-order valence-electron chi connectivity index (χ2n) is 13.2. The van der Waals surface area contributed by atoms with Gasteiger partial charge in [-0.1, -0.05) is 168 Å². The predicted octanol–water partition coefficient (Wildman–Crippen LogP) is 5.89. The maximum Gasteiger partial charge on any atom is 2.00 e. The smallest absolute Gasteiger partial charge is 0.550 e. The second-order valence-corrected chi connectivity index (χ2v) is 17.0. The maximum absolute atomic E-state index is 11.6. The van der Waals surface area contributed by atoms with Gasteiger partial charge < -0.3 is 19.8 Å². The first kappa shape index (κ1) is 53.4. The predicted molar refractivity (Wildman–Crippen MR) is 200 cm³/mol. The standard InChI is InChI=1S/2C18H37NO4S.Ca/c2*1-2-3-4-5-6-7-8-9-10-11-12-13-14-17-24(22,23)19-16-15-18(20)21;/h2*19H,2-17H2,1H3,(H,20,21);/q;;+2/p-2. The van der Waals surface area contributed by atoms with Gasteiger partial charge in [0.25, 0.3) is 0 Å². The molecule has 10 nitrogen and oxygen atoms in total. The first-order chi connectivity index (χ1) is 23.0. The zero-order valence-electron chi connectivity index (χ0n) is 31.4. The molecule has 49 heavy (non-hydrogen) atoms. The normalized spacial score (nSPS) is 11.5. The molecule has 0 aromatic heterocycles. The maximum atomic E-state index is 11.6. The van der Waals surface area contributed by atoms with Crippen LogP contribution in [0.4, 0.5) is 0 Å². The van der Waals surface area contributed by atoms with Crippen molar-refractivity contribution in [1.29, 1.82) is 0 Å². The molecule has 2 N–H and O–H groups in total. The molecule has 0 heterocycles. The van der Waals surface area contributed by atoms with Crippen molar-refractivity contribution in [2.24, 2.45) is 0 Å². The van der Waals surface area contributed by atoms with Crippen LogP contribution in [0.1, 0.15) is 194 Å². The molecule has 0 spiro atoms. The van der Waals surface area contributed by atoms with Gasteiger partial charge in [0.05, 0.1) is 11.5 Å². The molecule has 0 aliphatic carbocycles. The molecule has 13 heteroatoms. The van der Waals surface area contributed by atoms with Gasteiger partial charge in [0, 0.05) is 37.9 Å². The molecule has 0 rings (SSSR count). The Hall–Kier alpha value is 0.0197. The van der Waals surface area contributed by atoms with Gasteiger partial charge in [-0.05, 0) is 12.8 Å². The average Bonchev–Trinajstić information content (AvgIpc) is 3.01. The summed E-state index contributed by atoms with van der Waals surface area (Å²) in [6, 6.07) is 0. The number of hydrogen-bond donors (Lipinski definition) is 2. The molecule has 0 fully saturated rings. The fraction of sp³-hybridized carbons (Fsp3) is 0.944. The molecule has 0 bridgehead atoms. The van der Waals surface area contributed by atoms with Crippen LogP contribution in [0.5, 0.6) is 0 Å². The number of unbranched alkanes of at least 4 members (excludes halogenated alkanes) is 24. The number of carboxylic acid groups (broad SMARTS) is 2. The number of nitrogens with one attached hydrogen (secondary N) is 2. The molecular formula is C36H72CaN2O8S2. The largest absolute Gasteiger partial charge is 2.00 e. The summed E-state index contributed by atoms with van der Waals surface area (Å²) in [6.07, 6.45) is 31.0. The van der Waals surface area contributed by atoms with Crippen LogP contribution >= 0.6 is 0 Å². The topological polar surface area (TPSA) is 173 Å². The van der Waals surface area contributed by atoms with Crippen molar-refractivity contribution in [2.75, 3.05) is 24.6 Å². The Balaban J connectivity index is -0.000000846. The van der Waals surface area contributed by atoms with E-state index in [0.29, 0.717) is 12.8 Å². The van der Waals surface area contributed by atoms with Crippen LogP contribution in [0, 0.1) is 0 Å². The number of carbonyl (C=O) groups excluding carboxylic acids is 2. The number of hydrogen-bond acceptors (Lipinski definition) is 8. The Bertz CT molecular complexity index is 875. The Morgan fingerprint density at radius 3 is 0.816 bits per heavy atom. The summed E-state index contributed by atoms with van der Waals surface area (Å²) in [5.74, 6) is -2.31. The van der Waals surface area contributed by atoms with Gasteiger partial charge in [0.2, 0.25) is 20.0 Å². The summed E-state index contributed by atoms with van der Waals surface area (Å²) < 4.78 is 50.9. The van der Waals surface area contributed by atoms with Crippen molar-refractivity contribution in [3.8, 4) is 0 Å². The minimum Gasteiger partial charge on any atom is -0.550 e. The molecule has 0 saturated carbocycles. The molecule has 0 amide bonds. The van der Waals surface area contributed by atoms with Crippen molar-refractivity contribution in [3.05, 3.63) is 0 Å². The van der Waals surface area contributed by atoms with E-state index in [4.69, 9.17) is 0 Å². The monoisotopic (exact) mass is 764 g/mol. The summed E-state index contributed by atoms with van der Waals surface area (Å²) in [5.41, 5.74) is 0. The molecule has 288 valence electrons. The molecule has 0 radical (unpaired) electrons. The van der Waals surface area contributed by atoms with Crippen LogP contribution in [0.2, 0.25) is 0 Å². The quantitative estimate of drug-likeness (QED) is 0.0587. The number of sulfonamides is 2. The molecule has 0 aromatic carbocycles. The van der Waals surface area contributed by atoms with Gasteiger partial charge in [-0.15, -0.1) is 0 Å². The van der Waals surface area contributed by atoms with Crippen molar-refractivity contribution in [2.45, 2.75) is 194 Å².